The minimum absolute atomic E-state index is 0.228. The van der Waals surface area contributed by atoms with Crippen LogP contribution in [0.1, 0.15) is 31.2 Å². The molecule has 0 fully saturated rings. The van der Waals surface area contributed by atoms with Crippen LogP contribution in [0.2, 0.25) is 0 Å². The molecule has 0 radical (unpaired) electrons. The number of benzene rings is 2. The van der Waals surface area contributed by atoms with Crippen molar-refractivity contribution >= 4 is 11.8 Å². The Morgan fingerprint density at radius 1 is 0.943 bits per heavy atom. The predicted octanol–water partition coefficient (Wildman–Crippen LogP) is 4.93. The van der Waals surface area contributed by atoms with E-state index in [1.807, 2.05) is 12.1 Å². The first kappa shape index (κ1) is 24.3. The van der Waals surface area contributed by atoms with Crippen LogP contribution in [0.25, 0.3) is 22.6 Å². The summed E-state index contributed by atoms with van der Waals surface area (Å²) in [4.78, 5) is 24.1. The van der Waals surface area contributed by atoms with Gasteiger partial charge in [0.2, 0.25) is 17.5 Å². The quantitative estimate of drug-likeness (QED) is 0.256. The molecule has 35 heavy (non-hydrogen) atoms. The fourth-order valence-corrected chi connectivity index (χ4v) is 4.17. The van der Waals surface area contributed by atoms with E-state index in [2.05, 4.69) is 46.1 Å². The SMILES string of the molecule is COc1cc(-c2noc(CSc3nc(-c4ccc(C(C)C)cc4)cc(=O)[nH]3)n2)cc(OC)c1OC. The predicted molar refractivity (Wildman–Crippen MR) is 133 cm³/mol. The van der Waals surface area contributed by atoms with E-state index < -0.39 is 0 Å². The number of thioether (sulfide) groups is 1. The van der Waals surface area contributed by atoms with E-state index in [4.69, 9.17) is 18.7 Å². The van der Waals surface area contributed by atoms with E-state index in [1.165, 1.54) is 30.5 Å². The number of nitrogens with zero attached hydrogens (tertiary/aromatic N) is 3. The van der Waals surface area contributed by atoms with Gasteiger partial charge in [0.25, 0.3) is 5.56 Å². The molecule has 1 N–H and O–H groups in total. The largest absolute Gasteiger partial charge is 0.493 e. The van der Waals surface area contributed by atoms with E-state index in [9.17, 15) is 4.79 Å². The molecule has 0 saturated heterocycles. The average molecular weight is 495 g/mol. The van der Waals surface area contributed by atoms with Gasteiger partial charge < -0.3 is 23.7 Å². The molecule has 4 rings (SSSR count). The van der Waals surface area contributed by atoms with Gasteiger partial charge in [-0.3, -0.25) is 4.79 Å². The van der Waals surface area contributed by atoms with Crippen LogP contribution in [0.5, 0.6) is 17.2 Å². The molecule has 2 heterocycles. The molecule has 0 unspecified atom stereocenters. The summed E-state index contributed by atoms with van der Waals surface area (Å²) in [5, 5.41) is 4.53. The number of H-pyrrole nitrogens is 1. The number of ether oxygens (including phenoxy) is 3. The lowest BCUT2D eigenvalue weighted by Crippen LogP contribution is -2.08. The smallest absolute Gasteiger partial charge is 0.252 e. The summed E-state index contributed by atoms with van der Waals surface area (Å²) in [6, 6.07) is 13.0. The summed E-state index contributed by atoms with van der Waals surface area (Å²) in [5.74, 6) is 2.97. The molecule has 9 nitrogen and oxygen atoms in total. The number of rotatable bonds is 9. The zero-order valence-electron chi connectivity index (χ0n) is 20.1. The zero-order valence-corrected chi connectivity index (χ0v) is 20.9. The number of nitrogens with one attached hydrogen (secondary N) is 1. The molecular weight excluding hydrogens is 468 g/mol. The summed E-state index contributed by atoms with van der Waals surface area (Å²) in [7, 11) is 4.62. The number of hydrogen-bond acceptors (Lipinski definition) is 9. The molecule has 10 heteroatoms. The molecular formula is C25H26N4O5S. The third-order valence-electron chi connectivity index (χ3n) is 5.32. The molecule has 0 spiro atoms. The molecule has 0 atom stereocenters. The van der Waals surface area contributed by atoms with Gasteiger partial charge in [0.15, 0.2) is 16.7 Å². The van der Waals surface area contributed by atoms with Gasteiger partial charge in [-0.15, -0.1) is 0 Å². The number of aromatic amines is 1. The van der Waals surface area contributed by atoms with E-state index in [1.54, 1.807) is 26.4 Å². The van der Waals surface area contributed by atoms with Gasteiger partial charge >= 0.3 is 0 Å². The van der Waals surface area contributed by atoms with Gasteiger partial charge in [-0.05, 0) is 23.6 Å². The highest BCUT2D eigenvalue weighted by Crippen LogP contribution is 2.40. The van der Waals surface area contributed by atoms with Gasteiger partial charge in [0, 0.05) is 17.2 Å². The highest BCUT2D eigenvalue weighted by Gasteiger charge is 2.18. The highest BCUT2D eigenvalue weighted by atomic mass is 32.2. The Labute approximate surface area is 206 Å². The van der Waals surface area contributed by atoms with E-state index in [0.29, 0.717) is 57.0 Å². The molecule has 0 aliphatic rings. The van der Waals surface area contributed by atoms with Crippen molar-refractivity contribution in [2.24, 2.45) is 0 Å². The fraction of sp³-hybridized carbons (Fsp3) is 0.280. The lowest BCUT2D eigenvalue weighted by Gasteiger charge is -2.12. The van der Waals surface area contributed by atoms with E-state index >= 15 is 0 Å². The third-order valence-corrected chi connectivity index (χ3v) is 6.17. The van der Waals surface area contributed by atoms with E-state index in [0.717, 1.165) is 5.56 Å². The van der Waals surface area contributed by atoms with Crippen molar-refractivity contribution in [3.05, 3.63) is 64.3 Å². The first-order valence-electron chi connectivity index (χ1n) is 10.9. The van der Waals surface area contributed by atoms with Gasteiger partial charge in [0.05, 0.1) is 32.8 Å². The second kappa shape index (κ2) is 10.6. The van der Waals surface area contributed by atoms with Crippen LogP contribution >= 0.6 is 11.8 Å². The van der Waals surface area contributed by atoms with Gasteiger partial charge in [0.1, 0.15) is 0 Å². The lowest BCUT2D eigenvalue weighted by molar-refractivity contribution is 0.324. The van der Waals surface area contributed by atoms with Crippen molar-refractivity contribution < 1.29 is 18.7 Å². The van der Waals surface area contributed by atoms with Gasteiger partial charge in [-0.1, -0.05) is 55.0 Å². The standard InChI is InChI=1S/C25H26N4O5S/c1-14(2)15-6-8-16(9-7-15)18-12-21(30)27-25(26-18)35-13-22-28-24(29-34-22)17-10-19(31-3)23(33-5)20(11-17)32-4/h6-12,14H,13H2,1-5H3,(H,26,27,30). The first-order chi connectivity index (χ1) is 16.9. The normalized spacial score (nSPS) is 11.0. The summed E-state index contributed by atoms with van der Waals surface area (Å²) in [5.41, 5.74) is 3.14. The van der Waals surface area contributed by atoms with Crippen LogP contribution in [0.4, 0.5) is 0 Å². The van der Waals surface area contributed by atoms with Crippen LogP contribution in [0, 0.1) is 0 Å². The average Bonchev–Trinajstić information content (AvgIpc) is 3.35. The molecule has 0 saturated carbocycles. The fourth-order valence-electron chi connectivity index (χ4n) is 3.46. The summed E-state index contributed by atoms with van der Waals surface area (Å²) >= 11 is 1.30. The third kappa shape index (κ3) is 5.48. The number of aromatic nitrogens is 4. The Bertz CT molecular complexity index is 1340. The van der Waals surface area contributed by atoms with Gasteiger partial charge in [-0.2, -0.15) is 4.98 Å². The van der Waals surface area contributed by atoms with Crippen LogP contribution in [-0.2, 0) is 5.75 Å². The second-order valence-electron chi connectivity index (χ2n) is 7.93. The minimum Gasteiger partial charge on any atom is -0.493 e. The number of methoxy groups -OCH3 is 3. The summed E-state index contributed by atoms with van der Waals surface area (Å²) in [6.45, 7) is 4.28. The summed E-state index contributed by atoms with van der Waals surface area (Å²) in [6.07, 6.45) is 0. The molecule has 4 aromatic rings. The highest BCUT2D eigenvalue weighted by molar-refractivity contribution is 7.98. The Balaban J connectivity index is 1.52. The van der Waals surface area contributed by atoms with Crippen molar-refractivity contribution in [3.63, 3.8) is 0 Å². The molecule has 0 aliphatic carbocycles. The second-order valence-corrected chi connectivity index (χ2v) is 8.89. The van der Waals surface area contributed by atoms with Crippen molar-refractivity contribution in [1.82, 2.24) is 20.1 Å². The Morgan fingerprint density at radius 2 is 1.63 bits per heavy atom. The van der Waals surface area contributed by atoms with Crippen LogP contribution < -0.4 is 19.8 Å². The molecule has 182 valence electrons. The Kier molecular flexibility index (Phi) is 7.40. The van der Waals surface area contributed by atoms with E-state index in [-0.39, 0.29) is 5.56 Å². The maximum absolute atomic E-state index is 12.2. The Morgan fingerprint density at radius 3 is 2.23 bits per heavy atom. The van der Waals surface area contributed by atoms with Crippen molar-refractivity contribution in [1.29, 1.82) is 0 Å². The van der Waals surface area contributed by atoms with Crippen molar-refractivity contribution in [3.8, 4) is 39.9 Å². The first-order valence-corrected chi connectivity index (χ1v) is 11.9. The summed E-state index contributed by atoms with van der Waals surface area (Å²) < 4.78 is 21.6. The Hall–Kier alpha value is -3.79. The maximum Gasteiger partial charge on any atom is 0.252 e. The maximum atomic E-state index is 12.2. The minimum atomic E-state index is -0.228. The van der Waals surface area contributed by atoms with Crippen LogP contribution in [-0.4, -0.2) is 41.4 Å². The molecule has 0 bridgehead atoms. The topological polar surface area (TPSA) is 112 Å². The van der Waals surface area contributed by atoms with Gasteiger partial charge in [-0.25, -0.2) is 4.98 Å². The molecule has 0 aliphatic heterocycles. The molecule has 0 amide bonds. The molecule has 2 aromatic carbocycles. The lowest BCUT2D eigenvalue weighted by atomic mass is 10.0. The van der Waals surface area contributed by atoms with Crippen molar-refractivity contribution in [2.75, 3.05) is 21.3 Å². The van der Waals surface area contributed by atoms with Crippen molar-refractivity contribution in [2.45, 2.75) is 30.7 Å². The zero-order chi connectivity index (χ0) is 24.9. The monoisotopic (exact) mass is 494 g/mol. The number of hydrogen-bond donors (Lipinski definition) is 1. The van der Waals surface area contributed by atoms with Crippen LogP contribution in [0.3, 0.4) is 0 Å². The molecule has 2 aromatic heterocycles. The van der Waals surface area contributed by atoms with Crippen LogP contribution in [0.15, 0.2) is 56.9 Å².